The van der Waals surface area contributed by atoms with Crippen molar-refractivity contribution in [2.24, 2.45) is 0 Å². The Morgan fingerprint density at radius 3 is 2.31 bits per heavy atom. The number of aliphatic hydroxyl groups is 1. The van der Waals surface area contributed by atoms with Gasteiger partial charge in [0.25, 0.3) is 0 Å². The molecule has 0 spiro atoms. The van der Waals surface area contributed by atoms with Crippen LogP contribution < -0.4 is 0 Å². The summed E-state index contributed by atoms with van der Waals surface area (Å²) in [6, 6.07) is 0. The molecule has 2 nitrogen and oxygen atoms in total. The first kappa shape index (κ1) is 13.3. The maximum atomic E-state index is 9.30. The van der Waals surface area contributed by atoms with Crippen molar-refractivity contribution in [2.45, 2.75) is 33.3 Å². The van der Waals surface area contributed by atoms with E-state index in [2.05, 4.69) is 18.7 Å². The first-order valence-corrected chi connectivity index (χ1v) is 6.38. The molecule has 0 saturated heterocycles. The molecule has 0 aliphatic heterocycles. The van der Waals surface area contributed by atoms with Gasteiger partial charge in [-0.05, 0) is 19.5 Å². The number of nitrogens with zero attached hydrogens (tertiary/aromatic N) is 1. The number of hydrogen-bond acceptors (Lipinski definition) is 3. The zero-order valence-electron chi connectivity index (χ0n) is 9.12. The second kappa shape index (κ2) is 8.85. The molecule has 1 N–H and O–H groups in total. The summed E-state index contributed by atoms with van der Waals surface area (Å²) in [5, 5.41) is 9.30. The van der Waals surface area contributed by atoms with Crippen LogP contribution in [0.2, 0.25) is 0 Å². The monoisotopic (exact) mass is 205 g/mol. The molecule has 13 heavy (non-hydrogen) atoms. The third-order valence-electron chi connectivity index (χ3n) is 2.23. The lowest BCUT2D eigenvalue weighted by atomic mass is 10.3. The molecule has 3 heteroatoms. The van der Waals surface area contributed by atoms with E-state index >= 15 is 0 Å². The van der Waals surface area contributed by atoms with Gasteiger partial charge < -0.3 is 10.0 Å². The first-order chi connectivity index (χ1) is 6.24. The summed E-state index contributed by atoms with van der Waals surface area (Å²) in [5.41, 5.74) is 0. The van der Waals surface area contributed by atoms with Crippen molar-refractivity contribution < 1.29 is 5.11 Å². The molecule has 0 rings (SSSR count). The summed E-state index contributed by atoms with van der Waals surface area (Å²) < 4.78 is 0. The molecular weight excluding hydrogens is 182 g/mol. The van der Waals surface area contributed by atoms with Crippen LogP contribution in [0, 0.1) is 0 Å². The Labute approximate surface area is 86.7 Å². The SMILES string of the molecule is CCC(O)CSCCN(CC)CC. The van der Waals surface area contributed by atoms with Gasteiger partial charge in [-0.1, -0.05) is 20.8 Å². The van der Waals surface area contributed by atoms with Crippen LogP contribution in [0.1, 0.15) is 27.2 Å². The van der Waals surface area contributed by atoms with E-state index < -0.39 is 0 Å². The van der Waals surface area contributed by atoms with Crippen LogP contribution in [0.25, 0.3) is 0 Å². The number of hydrogen-bond donors (Lipinski definition) is 1. The van der Waals surface area contributed by atoms with Crippen LogP contribution in [0.15, 0.2) is 0 Å². The molecular formula is C10H23NOS. The van der Waals surface area contributed by atoms with Gasteiger partial charge in [0.2, 0.25) is 0 Å². The molecule has 0 aromatic carbocycles. The van der Waals surface area contributed by atoms with E-state index in [0.717, 1.165) is 37.6 Å². The Morgan fingerprint density at radius 2 is 1.85 bits per heavy atom. The Balaban J connectivity index is 3.23. The van der Waals surface area contributed by atoms with E-state index in [9.17, 15) is 5.11 Å². The number of thioether (sulfide) groups is 1. The zero-order chi connectivity index (χ0) is 10.1. The lowest BCUT2D eigenvalue weighted by Crippen LogP contribution is -2.25. The molecule has 0 amide bonds. The summed E-state index contributed by atoms with van der Waals surface area (Å²) >= 11 is 1.85. The van der Waals surface area contributed by atoms with Crippen LogP contribution in [-0.4, -0.2) is 47.3 Å². The highest BCUT2D eigenvalue weighted by Crippen LogP contribution is 2.05. The summed E-state index contributed by atoms with van der Waals surface area (Å²) in [7, 11) is 0. The van der Waals surface area contributed by atoms with Crippen molar-refractivity contribution in [2.75, 3.05) is 31.1 Å². The van der Waals surface area contributed by atoms with Gasteiger partial charge in [0.15, 0.2) is 0 Å². The van der Waals surface area contributed by atoms with Crippen LogP contribution in [0.4, 0.5) is 0 Å². The normalized spacial score (nSPS) is 13.6. The van der Waals surface area contributed by atoms with E-state index in [4.69, 9.17) is 0 Å². The highest BCUT2D eigenvalue weighted by atomic mass is 32.2. The quantitative estimate of drug-likeness (QED) is 0.612. The standard InChI is InChI=1S/C10H23NOS/c1-4-10(12)9-13-8-7-11(5-2)6-3/h10,12H,4-9H2,1-3H3. The maximum absolute atomic E-state index is 9.30. The summed E-state index contributed by atoms with van der Waals surface area (Å²) in [6.45, 7) is 9.81. The molecule has 0 aromatic rings. The Morgan fingerprint density at radius 1 is 1.23 bits per heavy atom. The molecule has 1 atom stereocenters. The van der Waals surface area contributed by atoms with Gasteiger partial charge in [-0.25, -0.2) is 0 Å². The fourth-order valence-corrected chi connectivity index (χ4v) is 2.13. The number of aliphatic hydroxyl groups excluding tert-OH is 1. The maximum Gasteiger partial charge on any atom is 0.0628 e. The molecule has 0 bridgehead atoms. The lowest BCUT2D eigenvalue weighted by molar-refractivity contribution is 0.195. The minimum absolute atomic E-state index is 0.110. The number of rotatable bonds is 8. The van der Waals surface area contributed by atoms with Gasteiger partial charge in [-0.2, -0.15) is 11.8 Å². The molecule has 1 unspecified atom stereocenters. The van der Waals surface area contributed by atoms with Gasteiger partial charge >= 0.3 is 0 Å². The van der Waals surface area contributed by atoms with Crippen molar-refractivity contribution in [3.05, 3.63) is 0 Å². The van der Waals surface area contributed by atoms with Crippen molar-refractivity contribution in [3.63, 3.8) is 0 Å². The lowest BCUT2D eigenvalue weighted by Gasteiger charge is -2.17. The average Bonchev–Trinajstić information content (AvgIpc) is 2.18. The highest BCUT2D eigenvalue weighted by molar-refractivity contribution is 7.99. The second-order valence-corrected chi connectivity index (χ2v) is 4.31. The molecule has 0 heterocycles. The van der Waals surface area contributed by atoms with Crippen LogP contribution in [-0.2, 0) is 0 Å². The Kier molecular flexibility index (Phi) is 9.03. The minimum atomic E-state index is -0.110. The van der Waals surface area contributed by atoms with Crippen LogP contribution in [0.5, 0.6) is 0 Å². The predicted molar refractivity (Wildman–Crippen MR) is 61.4 cm³/mol. The van der Waals surface area contributed by atoms with E-state index in [0.29, 0.717) is 0 Å². The second-order valence-electron chi connectivity index (χ2n) is 3.16. The van der Waals surface area contributed by atoms with Gasteiger partial charge in [-0.15, -0.1) is 0 Å². The van der Waals surface area contributed by atoms with Crippen molar-refractivity contribution in [1.29, 1.82) is 0 Å². The van der Waals surface area contributed by atoms with Gasteiger partial charge in [0.05, 0.1) is 6.10 Å². The van der Waals surface area contributed by atoms with Gasteiger partial charge in [0, 0.05) is 18.1 Å². The van der Waals surface area contributed by atoms with Gasteiger partial charge in [0.1, 0.15) is 0 Å². The molecule has 0 aliphatic carbocycles. The average molecular weight is 205 g/mol. The molecule has 0 aromatic heterocycles. The van der Waals surface area contributed by atoms with Crippen molar-refractivity contribution in [3.8, 4) is 0 Å². The molecule has 0 fully saturated rings. The molecule has 0 saturated carbocycles. The van der Waals surface area contributed by atoms with E-state index in [1.165, 1.54) is 0 Å². The van der Waals surface area contributed by atoms with Crippen LogP contribution >= 0.6 is 11.8 Å². The first-order valence-electron chi connectivity index (χ1n) is 5.22. The third-order valence-corrected chi connectivity index (χ3v) is 3.32. The Bertz CT molecular complexity index is 107. The van der Waals surface area contributed by atoms with Gasteiger partial charge in [-0.3, -0.25) is 0 Å². The largest absolute Gasteiger partial charge is 0.392 e. The van der Waals surface area contributed by atoms with E-state index in [-0.39, 0.29) is 6.10 Å². The smallest absolute Gasteiger partial charge is 0.0628 e. The van der Waals surface area contributed by atoms with E-state index in [1.54, 1.807) is 0 Å². The fourth-order valence-electron chi connectivity index (χ4n) is 1.07. The van der Waals surface area contributed by atoms with E-state index in [1.807, 2.05) is 18.7 Å². The molecule has 80 valence electrons. The summed E-state index contributed by atoms with van der Waals surface area (Å²) in [4.78, 5) is 2.41. The fraction of sp³-hybridized carbons (Fsp3) is 1.00. The van der Waals surface area contributed by atoms with Crippen LogP contribution in [0.3, 0.4) is 0 Å². The summed E-state index contributed by atoms with van der Waals surface area (Å²) in [6.07, 6.45) is 0.764. The highest BCUT2D eigenvalue weighted by Gasteiger charge is 2.02. The Hall–Kier alpha value is 0.270. The van der Waals surface area contributed by atoms with Crippen molar-refractivity contribution >= 4 is 11.8 Å². The molecule has 0 radical (unpaired) electrons. The summed E-state index contributed by atoms with van der Waals surface area (Å²) in [5.74, 6) is 2.02. The molecule has 0 aliphatic rings. The topological polar surface area (TPSA) is 23.5 Å². The predicted octanol–water partition coefficient (Wildman–Crippen LogP) is 1.83. The minimum Gasteiger partial charge on any atom is -0.392 e. The third kappa shape index (κ3) is 7.35. The zero-order valence-corrected chi connectivity index (χ0v) is 9.94. The van der Waals surface area contributed by atoms with Crippen molar-refractivity contribution in [1.82, 2.24) is 4.90 Å².